The van der Waals surface area contributed by atoms with Crippen LogP contribution in [-0.4, -0.2) is 16.9 Å². The standard InChI is InChI=1S/C17H21ClN4OS/c1-10(2)17-20-13(9-24-17)8-19-16(23)15-7-14(21-22-15)11-4-3-5-12(18)6-11/h3-6,9-10,14-15,21-22H,7-8H2,1-2H3,(H,19,23). The Labute approximate surface area is 150 Å². The number of carbonyl (C=O) groups is 1. The van der Waals surface area contributed by atoms with Crippen molar-refractivity contribution in [2.24, 2.45) is 0 Å². The van der Waals surface area contributed by atoms with Gasteiger partial charge in [-0.25, -0.2) is 15.8 Å². The Bertz CT molecular complexity index is 718. The molecule has 1 aromatic heterocycles. The van der Waals surface area contributed by atoms with Gasteiger partial charge in [0.15, 0.2) is 0 Å². The Kier molecular flexibility index (Phi) is 5.50. The van der Waals surface area contributed by atoms with Crippen molar-refractivity contribution in [1.82, 2.24) is 21.2 Å². The van der Waals surface area contributed by atoms with E-state index in [-0.39, 0.29) is 18.0 Å². The van der Waals surface area contributed by atoms with E-state index in [0.717, 1.165) is 16.3 Å². The lowest BCUT2D eigenvalue weighted by molar-refractivity contribution is -0.123. The van der Waals surface area contributed by atoms with Gasteiger partial charge < -0.3 is 5.32 Å². The number of hydrazine groups is 1. The highest BCUT2D eigenvalue weighted by molar-refractivity contribution is 7.09. The number of rotatable bonds is 5. The van der Waals surface area contributed by atoms with Crippen LogP contribution in [0.25, 0.3) is 0 Å². The first-order valence-corrected chi connectivity index (χ1v) is 9.27. The molecule has 0 bridgehead atoms. The Morgan fingerprint density at radius 2 is 2.29 bits per heavy atom. The second-order valence-corrected chi connectivity index (χ2v) is 7.56. The molecular formula is C17H21ClN4OS. The van der Waals surface area contributed by atoms with Gasteiger partial charge in [0.05, 0.1) is 17.2 Å². The molecule has 2 aromatic rings. The first-order chi connectivity index (χ1) is 11.5. The molecule has 3 N–H and O–H groups in total. The van der Waals surface area contributed by atoms with Gasteiger partial charge >= 0.3 is 0 Å². The molecule has 1 fully saturated rings. The molecule has 0 spiro atoms. The molecule has 2 heterocycles. The zero-order valence-corrected chi connectivity index (χ0v) is 15.2. The van der Waals surface area contributed by atoms with Gasteiger partial charge in [0.2, 0.25) is 5.91 Å². The van der Waals surface area contributed by atoms with E-state index in [4.69, 9.17) is 11.6 Å². The second kappa shape index (κ2) is 7.61. The number of thiazole rings is 1. The predicted molar refractivity (Wildman–Crippen MR) is 96.9 cm³/mol. The topological polar surface area (TPSA) is 66.0 Å². The zero-order chi connectivity index (χ0) is 17.1. The number of hydrogen-bond donors (Lipinski definition) is 3. The van der Waals surface area contributed by atoms with E-state index in [1.165, 1.54) is 0 Å². The van der Waals surface area contributed by atoms with Gasteiger partial charge in [-0.3, -0.25) is 4.79 Å². The fourth-order valence-corrected chi connectivity index (χ4v) is 3.67. The van der Waals surface area contributed by atoms with Crippen LogP contribution in [0, 0.1) is 0 Å². The van der Waals surface area contributed by atoms with Crippen LogP contribution in [0.5, 0.6) is 0 Å². The minimum Gasteiger partial charge on any atom is -0.349 e. The Hall–Kier alpha value is -1.47. The van der Waals surface area contributed by atoms with Crippen LogP contribution in [-0.2, 0) is 11.3 Å². The average Bonchev–Trinajstić information content (AvgIpc) is 3.22. The Morgan fingerprint density at radius 3 is 3.00 bits per heavy atom. The second-order valence-electron chi connectivity index (χ2n) is 6.23. The molecule has 1 saturated heterocycles. The number of nitrogens with one attached hydrogen (secondary N) is 3. The number of amides is 1. The zero-order valence-electron chi connectivity index (χ0n) is 13.7. The van der Waals surface area contributed by atoms with Crippen molar-refractivity contribution < 1.29 is 4.79 Å². The lowest BCUT2D eigenvalue weighted by Gasteiger charge is -2.10. The van der Waals surface area contributed by atoms with E-state index in [0.29, 0.717) is 23.9 Å². The first kappa shape index (κ1) is 17.4. The SMILES string of the molecule is CC(C)c1nc(CNC(=O)C2CC(c3cccc(Cl)c3)NN2)cs1. The molecule has 1 aromatic carbocycles. The highest BCUT2D eigenvalue weighted by atomic mass is 35.5. The molecule has 24 heavy (non-hydrogen) atoms. The third-order valence-corrected chi connectivity index (χ3v) is 5.41. The molecule has 2 atom stereocenters. The molecule has 128 valence electrons. The lowest BCUT2D eigenvalue weighted by Crippen LogP contribution is -2.42. The highest BCUT2D eigenvalue weighted by Gasteiger charge is 2.30. The minimum absolute atomic E-state index is 0.0221. The maximum absolute atomic E-state index is 12.3. The number of hydrogen-bond acceptors (Lipinski definition) is 5. The first-order valence-electron chi connectivity index (χ1n) is 8.01. The van der Waals surface area contributed by atoms with Gasteiger partial charge in [-0.05, 0) is 24.1 Å². The quantitative estimate of drug-likeness (QED) is 0.762. The summed E-state index contributed by atoms with van der Waals surface area (Å²) in [7, 11) is 0. The van der Waals surface area contributed by atoms with E-state index in [9.17, 15) is 4.79 Å². The number of benzene rings is 1. The molecule has 1 aliphatic rings. The number of nitrogens with zero attached hydrogens (tertiary/aromatic N) is 1. The van der Waals surface area contributed by atoms with Crippen molar-refractivity contribution in [1.29, 1.82) is 0 Å². The molecule has 3 rings (SSSR count). The Morgan fingerprint density at radius 1 is 1.46 bits per heavy atom. The Balaban J connectivity index is 1.52. The van der Waals surface area contributed by atoms with Gasteiger partial charge in [0.1, 0.15) is 6.04 Å². The van der Waals surface area contributed by atoms with Crippen LogP contribution in [0.15, 0.2) is 29.6 Å². The summed E-state index contributed by atoms with van der Waals surface area (Å²) in [6, 6.07) is 7.50. The largest absolute Gasteiger partial charge is 0.349 e. The molecule has 5 nitrogen and oxygen atoms in total. The van der Waals surface area contributed by atoms with E-state index < -0.39 is 0 Å². The summed E-state index contributed by atoms with van der Waals surface area (Å²) >= 11 is 7.67. The third-order valence-electron chi connectivity index (χ3n) is 3.98. The van der Waals surface area contributed by atoms with Gasteiger partial charge in [0.25, 0.3) is 0 Å². The number of carbonyl (C=O) groups excluding carboxylic acids is 1. The minimum atomic E-state index is -0.266. The summed E-state index contributed by atoms with van der Waals surface area (Å²) in [5, 5.41) is 6.76. The van der Waals surface area contributed by atoms with Crippen molar-refractivity contribution in [2.75, 3.05) is 0 Å². The van der Waals surface area contributed by atoms with Crippen molar-refractivity contribution in [2.45, 2.75) is 44.8 Å². The highest BCUT2D eigenvalue weighted by Crippen LogP contribution is 2.24. The monoisotopic (exact) mass is 364 g/mol. The fraction of sp³-hybridized carbons (Fsp3) is 0.412. The smallest absolute Gasteiger partial charge is 0.238 e. The van der Waals surface area contributed by atoms with Crippen molar-refractivity contribution >= 4 is 28.8 Å². The van der Waals surface area contributed by atoms with Crippen LogP contribution in [0.3, 0.4) is 0 Å². The molecule has 0 saturated carbocycles. The molecule has 1 amide bonds. The van der Waals surface area contributed by atoms with E-state index in [2.05, 4.69) is 35.0 Å². The summed E-state index contributed by atoms with van der Waals surface area (Å²) in [5.74, 6) is 0.393. The summed E-state index contributed by atoms with van der Waals surface area (Å²) in [6.07, 6.45) is 0.681. The third kappa shape index (κ3) is 4.13. The van der Waals surface area contributed by atoms with Crippen LogP contribution < -0.4 is 16.2 Å². The summed E-state index contributed by atoms with van der Waals surface area (Å²) in [4.78, 5) is 16.9. The molecular weight excluding hydrogens is 344 g/mol. The van der Waals surface area contributed by atoms with E-state index in [1.807, 2.05) is 29.6 Å². The number of halogens is 1. The van der Waals surface area contributed by atoms with Gasteiger partial charge in [-0.15, -0.1) is 11.3 Å². The van der Waals surface area contributed by atoms with Gasteiger partial charge in [-0.1, -0.05) is 37.6 Å². The fourth-order valence-electron chi connectivity index (χ4n) is 2.64. The van der Waals surface area contributed by atoms with Gasteiger partial charge in [0, 0.05) is 22.4 Å². The van der Waals surface area contributed by atoms with Crippen LogP contribution in [0.1, 0.15) is 48.5 Å². The van der Waals surface area contributed by atoms with Crippen molar-refractivity contribution in [3.8, 4) is 0 Å². The molecule has 0 aliphatic carbocycles. The summed E-state index contributed by atoms with van der Waals surface area (Å²) in [5.41, 5.74) is 8.21. The van der Waals surface area contributed by atoms with Gasteiger partial charge in [-0.2, -0.15) is 0 Å². The number of aromatic nitrogens is 1. The van der Waals surface area contributed by atoms with Crippen LogP contribution >= 0.6 is 22.9 Å². The molecule has 2 unspecified atom stereocenters. The maximum atomic E-state index is 12.3. The normalized spacial score (nSPS) is 20.5. The van der Waals surface area contributed by atoms with E-state index in [1.54, 1.807) is 11.3 Å². The molecule has 7 heteroatoms. The average molecular weight is 365 g/mol. The van der Waals surface area contributed by atoms with Crippen LogP contribution in [0.4, 0.5) is 0 Å². The van der Waals surface area contributed by atoms with E-state index >= 15 is 0 Å². The molecule has 1 aliphatic heterocycles. The maximum Gasteiger partial charge on any atom is 0.238 e. The van der Waals surface area contributed by atoms with Crippen molar-refractivity contribution in [3.05, 3.63) is 50.9 Å². The predicted octanol–water partition coefficient (Wildman–Crippen LogP) is 3.14. The van der Waals surface area contributed by atoms with Crippen LogP contribution in [0.2, 0.25) is 5.02 Å². The summed E-state index contributed by atoms with van der Waals surface area (Å²) in [6.45, 7) is 4.69. The molecule has 0 radical (unpaired) electrons. The van der Waals surface area contributed by atoms with Crippen molar-refractivity contribution in [3.63, 3.8) is 0 Å². The lowest BCUT2D eigenvalue weighted by atomic mass is 10.0. The summed E-state index contributed by atoms with van der Waals surface area (Å²) < 4.78 is 0.